The minimum Gasteiger partial charge on any atom is -0.339 e. The Hall–Kier alpha value is -3.21. The van der Waals surface area contributed by atoms with Crippen LogP contribution in [0.1, 0.15) is 38.6 Å². The Labute approximate surface area is 197 Å². The van der Waals surface area contributed by atoms with Crippen molar-refractivity contribution in [2.75, 3.05) is 26.2 Å². The van der Waals surface area contributed by atoms with Crippen LogP contribution in [-0.2, 0) is 17.4 Å². The zero-order chi connectivity index (χ0) is 24.6. The highest BCUT2D eigenvalue weighted by Gasteiger charge is 2.36. The molecule has 1 N–H and O–H groups in total. The average molecular weight is 493 g/mol. The number of carbonyl (C=O) groups is 2. The third-order valence-electron chi connectivity index (χ3n) is 6.05. The molecule has 2 aromatic heterocycles. The highest BCUT2D eigenvalue weighted by atomic mass is 32.1. The van der Waals surface area contributed by atoms with Crippen LogP contribution in [0.25, 0.3) is 10.2 Å². The molecule has 1 fully saturated rings. The number of carbonyl (C=O) groups excluding carboxylic acids is 2. The van der Waals surface area contributed by atoms with E-state index in [2.05, 4.69) is 9.97 Å². The van der Waals surface area contributed by atoms with E-state index in [9.17, 15) is 27.6 Å². The number of fused-ring (bicyclic) bond motifs is 1. The number of benzene rings is 1. The summed E-state index contributed by atoms with van der Waals surface area (Å²) in [6.07, 6.45) is -4.23. The Morgan fingerprint density at radius 1 is 1.09 bits per heavy atom. The first-order valence-electron chi connectivity index (χ1n) is 10.8. The van der Waals surface area contributed by atoms with Crippen LogP contribution >= 0.6 is 11.3 Å². The topological polar surface area (TPSA) is 86.4 Å². The number of hydrogen-bond donors (Lipinski definition) is 1. The molecule has 0 radical (unpaired) electrons. The summed E-state index contributed by atoms with van der Waals surface area (Å²) in [6, 6.07) is 4.71. The lowest BCUT2D eigenvalue weighted by Crippen LogP contribution is -2.50. The van der Waals surface area contributed by atoms with E-state index < -0.39 is 17.6 Å². The normalized spacial score (nSPS) is 14.6. The minimum atomic E-state index is -4.62. The maximum absolute atomic E-state index is 13.3. The van der Waals surface area contributed by atoms with Gasteiger partial charge in [-0.2, -0.15) is 13.2 Å². The number of thiophene rings is 1. The van der Waals surface area contributed by atoms with Gasteiger partial charge in [-0.3, -0.25) is 14.4 Å². The molecule has 0 aliphatic carbocycles. The molecule has 11 heteroatoms. The van der Waals surface area contributed by atoms with Gasteiger partial charge >= 0.3 is 6.18 Å². The van der Waals surface area contributed by atoms with Crippen LogP contribution in [0.2, 0.25) is 0 Å². The van der Waals surface area contributed by atoms with Crippen LogP contribution in [-0.4, -0.2) is 57.8 Å². The second kappa shape index (κ2) is 9.21. The number of hydrogen-bond acceptors (Lipinski definition) is 5. The Morgan fingerprint density at radius 3 is 2.41 bits per heavy atom. The molecule has 0 bridgehead atoms. The van der Waals surface area contributed by atoms with Gasteiger partial charge in [-0.1, -0.05) is 12.1 Å². The standard InChI is InChI=1S/C23H23F3N4O3S/c1-13-14(2)34-21-19(13)20(32)27-17(28-21)7-8-18(31)29-9-11-30(12-10-29)22(33)15-5-3-4-6-16(15)23(24,25)26/h3-6H,7-12H2,1-2H3,(H,27,28,32). The van der Waals surface area contributed by atoms with Crippen molar-refractivity contribution in [3.05, 3.63) is 62.0 Å². The summed E-state index contributed by atoms with van der Waals surface area (Å²) in [5, 5.41) is 0.575. The summed E-state index contributed by atoms with van der Waals surface area (Å²) in [5.74, 6) is -0.426. The maximum atomic E-state index is 13.3. The Bertz CT molecular complexity index is 1310. The van der Waals surface area contributed by atoms with Crippen molar-refractivity contribution in [1.82, 2.24) is 19.8 Å². The lowest BCUT2D eigenvalue weighted by atomic mass is 10.1. The fraction of sp³-hybridized carbons (Fsp3) is 0.391. The molecule has 0 saturated carbocycles. The van der Waals surface area contributed by atoms with Gasteiger partial charge in [0.15, 0.2) is 0 Å². The number of piperazine rings is 1. The van der Waals surface area contributed by atoms with E-state index in [0.717, 1.165) is 16.5 Å². The number of alkyl halides is 3. The average Bonchev–Trinajstić information content (AvgIpc) is 3.10. The Kier molecular flexibility index (Phi) is 6.48. The summed E-state index contributed by atoms with van der Waals surface area (Å²) < 4.78 is 39.8. The predicted molar refractivity (Wildman–Crippen MR) is 122 cm³/mol. The fourth-order valence-electron chi connectivity index (χ4n) is 4.05. The van der Waals surface area contributed by atoms with Crippen LogP contribution in [0.15, 0.2) is 29.1 Å². The molecule has 1 saturated heterocycles. The smallest absolute Gasteiger partial charge is 0.339 e. The van der Waals surface area contributed by atoms with Gasteiger partial charge in [0.2, 0.25) is 5.91 Å². The number of H-pyrrole nitrogens is 1. The first kappa shape index (κ1) is 23.9. The molecular weight excluding hydrogens is 469 g/mol. The summed E-state index contributed by atoms with van der Waals surface area (Å²) in [6.45, 7) is 4.55. The van der Waals surface area contributed by atoms with Gasteiger partial charge in [-0.05, 0) is 31.5 Å². The van der Waals surface area contributed by atoms with Crippen molar-refractivity contribution < 1.29 is 22.8 Å². The molecule has 1 aliphatic rings. The largest absolute Gasteiger partial charge is 0.417 e. The van der Waals surface area contributed by atoms with E-state index in [-0.39, 0.29) is 56.1 Å². The van der Waals surface area contributed by atoms with Crippen molar-refractivity contribution in [1.29, 1.82) is 0 Å². The molecule has 0 unspecified atom stereocenters. The van der Waals surface area contributed by atoms with Crippen molar-refractivity contribution in [3.63, 3.8) is 0 Å². The highest BCUT2D eigenvalue weighted by Crippen LogP contribution is 2.32. The van der Waals surface area contributed by atoms with Crippen LogP contribution in [0.3, 0.4) is 0 Å². The Morgan fingerprint density at radius 2 is 1.74 bits per heavy atom. The summed E-state index contributed by atoms with van der Waals surface area (Å²) in [7, 11) is 0. The highest BCUT2D eigenvalue weighted by molar-refractivity contribution is 7.18. The second-order valence-electron chi connectivity index (χ2n) is 8.19. The number of aromatic nitrogens is 2. The predicted octanol–water partition coefficient (Wildman–Crippen LogP) is 3.54. The molecule has 2 amide bonds. The third-order valence-corrected chi connectivity index (χ3v) is 7.15. The van der Waals surface area contributed by atoms with Gasteiger partial charge in [0.05, 0.1) is 16.5 Å². The summed E-state index contributed by atoms with van der Waals surface area (Å²) in [5.41, 5.74) is -0.672. The number of rotatable bonds is 4. The molecule has 0 atom stereocenters. The number of amides is 2. The SMILES string of the molecule is Cc1sc2nc(CCC(=O)N3CCN(C(=O)c4ccccc4C(F)(F)F)CC3)[nH]c(=O)c2c1C. The number of halogens is 3. The summed E-state index contributed by atoms with van der Waals surface area (Å²) in [4.78, 5) is 49.6. The van der Waals surface area contributed by atoms with Crippen LogP contribution in [0.4, 0.5) is 13.2 Å². The molecule has 0 spiro atoms. The van der Waals surface area contributed by atoms with E-state index in [1.165, 1.54) is 34.4 Å². The van der Waals surface area contributed by atoms with E-state index >= 15 is 0 Å². The minimum absolute atomic E-state index is 0.128. The van der Waals surface area contributed by atoms with Crippen LogP contribution < -0.4 is 5.56 Å². The van der Waals surface area contributed by atoms with Crippen molar-refractivity contribution in [2.24, 2.45) is 0 Å². The zero-order valence-electron chi connectivity index (χ0n) is 18.7. The van der Waals surface area contributed by atoms with Gasteiger partial charge in [-0.15, -0.1) is 11.3 Å². The first-order valence-corrected chi connectivity index (χ1v) is 11.6. The number of aryl methyl sites for hydroxylation is 3. The molecule has 34 heavy (non-hydrogen) atoms. The lowest BCUT2D eigenvalue weighted by Gasteiger charge is -2.35. The van der Waals surface area contributed by atoms with Crippen LogP contribution in [0, 0.1) is 13.8 Å². The van der Waals surface area contributed by atoms with Gasteiger partial charge < -0.3 is 14.8 Å². The zero-order valence-corrected chi connectivity index (χ0v) is 19.5. The van der Waals surface area contributed by atoms with Gasteiger partial charge in [0.25, 0.3) is 11.5 Å². The van der Waals surface area contributed by atoms with E-state index in [4.69, 9.17) is 0 Å². The number of nitrogens with zero attached hydrogens (tertiary/aromatic N) is 3. The number of nitrogens with one attached hydrogen (secondary N) is 1. The fourth-order valence-corrected chi connectivity index (χ4v) is 5.10. The lowest BCUT2D eigenvalue weighted by molar-refractivity contribution is -0.138. The molecule has 1 aliphatic heterocycles. The second-order valence-corrected chi connectivity index (χ2v) is 9.40. The summed E-state index contributed by atoms with van der Waals surface area (Å²) >= 11 is 1.44. The van der Waals surface area contributed by atoms with Crippen molar-refractivity contribution in [3.8, 4) is 0 Å². The van der Waals surface area contributed by atoms with Gasteiger partial charge in [0, 0.05) is 43.9 Å². The maximum Gasteiger partial charge on any atom is 0.417 e. The molecule has 3 heterocycles. The molecule has 4 rings (SSSR count). The van der Waals surface area contributed by atoms with Crippen molar-refractivity contribution in [2.45, 2.75) is 32.9 Å². The van der Waals surface area contributed by atoms with E-state index in [0.29, 0.717) is 16.0 Å². The van der Waals surface area contributed by atoms with Crippen LogP contribution in [0.5, 0.6) is 0 Å². The number of aromatic amines is 1. The molecule has 1 aromatic carbocycles. The molecule has 180 valence electrons. The quantitative estimate of drug-likeness (QED) is 0.604. The van der Waals surface area contributed by atoms with Gasteiger partial charge in [0.1, 0.15) is 10.7 Å². The van der Waals surface area contributed by atoms with E-state index in [1.807, 2.05) is 13.8 Å². The van der Waals surface area contributed by atoms with Crippen molar-refractivity contribution >= 4 is 33.4 Å². The third kappa shape index (κ3) is 4.70. The molecule has 7 nitrogen and oxygen atoms in total. The Balaban J connectivity index is 1.36. The van der Waals surface area contributed by atoms with E-state index in [1.54, 1.807) is 4.90 Å². The monoisotopic (exact) mass is 492 g/mol. The van der Waals surface area contributed by atoms with Gasteiger partial charge in [-0.25, -0.2) is 4.98 Å². The first-order chi connectivity index (χ1) is 16.1. The molecular formula is C23H23F3N4O3S. The molecule has 3 aromatic rings.